The van der Waals surface area contributed by atoms with Gasteiger partial charge in [-0.3, -0.25) is 4.79 Å². The van der Waals surface area contributed by atoms with Crippen LogP contribution in [0, 0.1) is 6.92 Å². The largest absolute Gasteiger partial charge is 0.391 e. The molecule has 174 valence electrons. The Balaban J connectivity index is 0.00000111. The number of carbonyl (C=O) groups is 1. The van der Waals surface area contributed by atoms with E-state index in [2.05, 4.69) is 60.7 Å². The van der Waals surface area contributed by atoms with Crippen molar-refractivity contribution in [3.63, 3.8) is 0 Å². The maximum absolute atomic E-state index is 10.6. The quantitative estimate of drug-likeness (QED) is 0.318. The number of nitrogens with one attached hydrogen (secondary N) is 2. The number of dihydropyridines is 1. The average Bonchev–Trinajstić information content (AvgIpc) is 3.65. The van der Waals surface area contributed by atoms with Crippen molar-refractivity contribution in [3.05, 3.63) is 64.5 Å². The van der Waals surface area contributed by atoms with Gasteiger partial charge in [-0.2, -0.15) is 0 Å². The molecule has 1 fully saturated rings. The summed E-state index contributed by atoms with van der Waals surface area (Å²) < 4.78 is 0. The van der Waals surface area contributed by atoms with Gasteiger partial charge in [0.15, 0.2) is 0 Å². The third kappa shape index (κ3) is 8.46. The molecule has 0 bridgehead atoms. The minimum atomic E-state index is -0.389. The molecule has 2 heterocycles. The van der Waals surface area contributed by atoms with Crippen molar-refractivity contribution in [1.29, 1.82) is 0 Å². The molecule has 32 heavy (non-hydrogen) atoms. The van der Waals surface area contributed by atoms with Gasteiger partial charge in [0.1, 0.15) is 5.82 Å². The summed E-state index contributed by atoms with van der Waals surface area (Å²) in [6.45, 7) is 8.33. The highest BCUT2D eigenvalue weighted by Crippen LogP contribution is 2.27. The number of rotatable bonds is 10. The van der Waals surface area contributed by atoms with Crippen LogP contribution in [0.25, 0.3) is 6.08 Å². The van der Waals surface area contributed by atoms with E-state index in [1.807, 2.05) is 19.2 Å². The predicted molar refractivity (Wildman–Crippen MR) is 134 cm³/mol. The summed E-state index contributed by atoms with van der Waals surface area (Å²) in [5, 5.41) is 16.3. The average molecular weight is 438 g/mol. The minimum Gasteiger partial charge on any atom is -0.391 e. The molecule has 1 saturated carbocycles. The van der Waals surface area contributed by atoms with E-state index in [0.29, 0.717) is 12.2 Å². The van der Waals surface area contributed by atoms with Crippen LogP contribution in [0.3, 0.4) is 0 Å². The molecule has 3 N–H and O–H groups in total. The van der Waals surface area contributed by atoms with E-state index in [4.69, 9.17) is 0 Å². The number of carbonyl (C=O) groups excluding carboxylic acids is 1. The summed E-state index contributed by atoms with van der Waals surface area (Å²) in [6.07, 6.45) is 20.9. The van der Waals surface area contributed by atoms with E-state index in [9.17, 15) is 9.90 Å². The zero-order chi connectivity index (χ0) is 23.3. The smallest absolute Gasteiger partial charge is 0.212 e. The second-order valence-electron chi connectivity index (χ2n) is 8.50. The molecule has 5 nitrogen and oxygen atoms in total. The van der Waals surface area contributed by atoms with Gasteiger partial charge in [-0.15, -0.1) is 0 Å². The van der Waals surface area contributed by atoms with Gasteiger partial charge in [0.25, 0.3) is 0 Å². The molecule has 1 aliphatic heterocycles. The van der Waals surface area contributed by atoms with Gasteiger partial charge in [0, 0.05) is 18.0 Å². The Morgan fingerprint density at radius 1 is 1.28 bits per heavy atom. The highest BCUT2D eigenvalue weighted by atomic mass is 16.3. The van der Waals surface area contributed by atoms with Crippen LogP contribution in [0.1, 0.15) is 76.8 Å². The lowest BCUT2D eigenvalue weighted by Crippen LogP contribution is -2.37. The third-order valence-corrected chi connectivity index (χ3v) is 5.36. The van der Waals surface area contributed by atoms with Crippen molar-refractivity contribution in [1.82, 2.24) is 10.3 Å². The Labute approximate surface area is 193 Å². The summed E-state index contributed by atoms with van der Waals surface area (Å²) in [6, 6.07) is 1.80. The fourth-order valence-electron chi connectivity index (χ4n) is 3.33. The van der Waals surface area contributed by atoms with Gasteiger partial charge in [-0.05, 0) is 61.1 Å². The molecule has 1 aromatic rings. The summed E-state index contributed by atoms with van der Waals surface area (Å²) in [4.78, 5) is 14.9. The Morgan fingerprint density at radius 2 is 2.03 bits per heavy atom. The number of hydrogen-bond donors (Lipinski definition) is 3. The van der Waals surface area contributed by atoms with Crippen molar-refractivity contribution < 1.29 is 9.90 Å². The lowest BCUT2D eigenvalue weighted by molar-refractivity contribution is -0.105. The summed E-state index contributed by atoms with van der Waals surface area (Å²) in [7, 11) is 0. The standard InChI is InChI=1S/C24H33N3O2.C3H6/c1-5-7-8-10-19(13-20-14-26-24(27-16-28)12-17(20)3)21-15-25-22(11-18(21)4)23(29)9-6-2;1-2-3-1/h8,10-16,22-23,25,29H,5-7,9H2,1-4H3,(H,26,27,28);1-3H2/b10-8+,19-13+;. The van der Waals surface area contributed by atoms with Gasteiger partial charge in [0.2, 0.25) is 6.41 Å². The number of unbranched alkanes of at least 4 members (excludes halogenated alkanes) is 1. The monoisotopic (exact) mass is 437 g/mol. The van der Waals surface area contributed by atoms with Crippen LogP contribution < -0.4 is 10.6 Å². The molecule has 2 atom stereocenters. The van der Waals surface area contributed by atoms with E-state index >= 15 is 0 Å². The fourth-order valence-corrected chi connectivity index (χ4v) is 3.33. The van der Waals surface area contributed by atoms with Crippen LogP contribution >= 0.6 is 0 Å². The van der Waals surface area contributed by atoms with Crippen molar-refractivity contribution in [2.24, 2.45) is 0 Å². The first-order valence-electron chi connectivity index (χ1n) is 11.9. The molecule has 3 rings (SSSR count). The topological polar surface area (TPSA) is 74.2 Å². The summed E-state index contributed by atoms with van der Waals surface area (Å²) in [5.74, 6) is 0.542. The van der Waals surface area contributed by atoms with Crippen LogP contribution in [0.15, 0.2) is 53.4 Å². The van der Waals surface area contributed by atoms with Crippen LogP contribution in [-0.2, 0) is 4.79 Å². The number of amides is 1. The van der Waals surface area contributed by atoms with E-state index in [0.717, 1.165) is 53.5 Å². The SMILES string of the molecule is C1CC1.CCC/C=C/C(=C\c1cnc(NC=O)cc1C)C1=CNC(C(O)CCC)C=C1C. The van der Waals surface area contributed by atoms with Gasteiger partial charge in [-0.25, -0.2) is 4.98 Å². The fraction of sp³-hybridized carbons (Fsp3) is 0.481. The van der Waals surface area contributed by atoms with Crippen LogP contribution in [-0.4, -0.2) is 28.6 Å². The maximum Gasteiger partial charge on any atom is 0.212 e. The van der Waals surface area contributed by atoms with Crippen LogP contribution in [0.2, 0.25) is 0 Å². The normalized spacial score (nSPS) is 18.7. The number of aliphatic hydroxyl groups excluding tert-OH is 1. The minimum absolute atomic E-state index is 0.0586. The molecule has 5 heteroatoms. The molecule has 0 aromatic carbocycles. The number of anilines is 1. The van der Waals surface area contributed by atoms with Crippen LogP contribution in [0.5, 0.6) is 0 Å². The van der Waals surface area contributed by atoms with Crippen molar-refractivity contribution in [2.45, 2.75) is 84.8 Å². The molecule has 2 unspecified atom stereocenters. The highest BCUT2D eigenvalue weighted by Gasteiger charge is 2.20. The Kier molecular flexibility index (Phi) is 10.9. The maximum atomic E-state index is 10.6. The van der Waals surface area contributed by atoms with Gasteiger partial charge >= 0.3 is 0 Å². The summed E-state index contributed by atoms with van der Waals surface area (Å²) in [5.41, 5.74) is 5.37. The highest BCUT2D eigenvalue weighted by molar-refractivity contribution is 5.72. The van der Waals surface area contributed by atoms with Gasteiger partial charge in [0.05, 0.1) is 12.1 Å². The first kappa shape index (κ1) is 25.6. The Morgan fingerprint density at radius 3 is 2.59 bits per heavy atom. The van der Waals surface area contributed by atoms with Crippen molar-refractivity contribution in [3.8, 4) is 0 Å². The second kappa shape index (κ2) is 13.7. The van der Waals surface area contributed by atoms with Crippen molar-refractivity contribution >= 4 is 18.3 Å². The molecule has 0 saturated heterocycles. The lowest BCUT2D eigenvalue weighted by atomic mass is 9.91. The molecule has 1 aliphatic carbocycles. The van der Waals surface area contributed by atoms with Crippen molar-refractivity contribution in [2.75, 3.05) is 5.32 Å². The molecule has 0 radical (unpaired) electrons. The Hall–Kier alpha value is -2.66. The number of aromatic nitrogens is 1. The Bertz CT molecular complexity index is 863. The number of pyridine rings is 1. The number of nitrogens with zero attached hydrogens (tertiary/aromatic N) is 1. The molecule has 0 spiro atoms. The number of aryl methyl sites for hydroxylation is 1. The zero-order valence-corrected chi connectivity index (χ0v) is 20.0. The second-order valence-corrected chi connectivity index (χ2v) is 8.50. The number of allylic oxidation sites excluding steroid dienone is 5. The zero-order valence-electron chi connectivity index (χ0n) is 20.0. The van der Waals surface area contributed by atoms with E-state index in [1.54, 1.807) is 6.20 Å². The van der Waals surface area contributed by atoms with E-state index in [-0.39, 0.29) is 12.1 Å². The number of aliphatic hydroxyl groups is 1. The van der Waals surface area contributed by atoms with Crippen LogP contribution in [0.4, 0.5) is 5.82 Å². The van der Waals surface area contributed by atoms with Gasteiger partial charge in [-0.1, -0.05) is 64.2 Å². The molecule has 1 aromatic heterocycles. The number of hydrogen-bond acceptors (Lipinski definition) is 4. The third-order valence-electron chi connectivity index (χ3n) is 5.36. The van der Waals surface area contributed by atoms with E-state index < -0.39 is 0 Å². The molecular weight excluding hydrogens is 398 g/mol. The molecule has 2 aliphatic rings. The lowest BCUT2D eigenvalue weighted by Gasteiger charge is -2.26. The first-order chi connectivity index (χ1) is 15.5. The first-order valence-corrected chi connectivity index (χ1v) is 11.9. The predicted octanol–water partition coefficient (Wildman–Crippen LogP) is 5.83. The molecule has 1 amide bonds. The van der Waals surface area contributed by atoms with Gasteiger partial charge < -0.3 is 15.7 Å². The summed E-state index contributed by atoms with van der Waals surface area (Å²) >= 11 is 0. The van der Waals surface area contributed by atoms with E-state index in [1.165, 1.54) is 19.3 Å². The molecular formula is C27H39N3O2.